The van der Waals surface area contributed by atoms with Crippen LogP contribution in [-0.4, -0.2) is 77.6 Å². The largest absolute Gasteiger partial charge is 0.386 e. The number of carbonyl (C=O) groups is 1. The van der Waals surface area contributed by atoms with E-state index in [4.69, 9.17) is 0 Å². The molecule has 0 aromatic heterocycles. The van der Waals surface area contributed by atoms with E-state index >= 15 is 0 Å². The highest BCUT2D eigenvalue weighted by atomic mass is 32.2. The summed E-state index contributed by atoms with van der Waals surface area (Å²) in [5, 5.41) is 20.1. The summed E-state index contributed by atoms with van der Waals surface area (Å²) in [5.41, 5.74) is 1.91. The number of carbonyl (C=O) groups excluding carboxylic acids is 1. The molecule has 2 saturated carbocycles. The van der Waals surface area contributed by atoms with Gasteiger partial charge in [0.15, 0.2) is 0 Å². The number of anilines is 1. The van der Waals surface area contributed by atoms with Crippen molar-refractivity contribution in [3.05, 3.63) is 54.1 Å². The molecule has 5 rings (SSSR count). The summed E-state index contributed by atoms with van der Waals surface area (Å²) >= 11 is 0. The summed E-state index contributed by atoms with van der Waals surface area (Å²) in [6, 6.07) is 14.6. The van der Waals surface area contributed by atoms with Crippen LogP contribution in [0.1, 0.15) is 42.5 Å². The van der Waals surface area contributed by atoms with Crippen LogP contribution < -0.4 is 4.72 Å². The van der Waals surface area contributed by atoms with Crippen LogP contribution in [0.2, 0.25) is 0 Å². The zero-order valence-corrected chi connectivity index (χ0v) is 19.9. The Balaban J connectivity index is 1.21. The molecule has 1 saturated heterocycles. The van der Waals surface area contributed by atoms with Crippen molar-refractivity contribution in [2.75, 3.05) is 30.9 Å². The molecule has 9 heteroatoms. The maximum atomic E-state index is 13.0. The first kappa shape index (κ1) is 23.3. The Morgan fingerprint density at radius 3 is 2.26 bits per heavy atom. The number of hydrogen-bond acceptors (Lipinski definition) is 6. The number of nitrogens with zero attached hydrogens (tertiary/aromatic N) is 2. The van der Waals surface area contributed by atoms with Crippen molar-refractivity contribution in [1.82, 2.24) is 9.80 Å². The number of sulfonamides is 1. The predicted molar refractivity (Wildman–Crippen MR) is 130 cm³/mol. The van der Waals surface area contributed by atoms with Crippen molar-refractivity contribution in [1.29, 1.82) is 0 Å². The fourth-order valence-corrected chi connectivity index (χ4v) is 6.15. The van der Waals surface area contributed by atoms with Gasteiger partial charge in [-0.05, 0) is 61.1 Å². The van der Waals surface area contributed by atoms with Gasteiger partial charge in [0.1, 0.15) is 11.8 Å². The van der Waals surface area contributed by atoms with Gasteiger partial charge in [-0.25, -0.2) is 8.42 Å². The van der Waals surface area contributed by atoms with Crippen molar-refractivity contribution < 1.29 is 23.4 Å². The predicted octanol–water partition coefficient (Wildman–Crippen LogP) is 2.25. The molecule has 8 nitrogen and oxygen atoms in total. The summed E-state index contributed by atoms with van der Waals surface area (Å²) in [6.45, 7) is 2.04. The normalized spacial score (nSPS) is 21.5. The molecule has 2 aliphatic carbocycles. The Hall–Kier alpha value is -2.46. The van der Waals surface area contributed by atoms with Gasteiger partial charge in [-0.1, -0.05) is 30.7 Å². The topological polar surface area (TPSA) is 110 Å². The Kier molecular flexibility index (Phi) is 6.14. The fourth-order valence-electron chi connectivity index (χ4n) is 4.57. The molecule has 3 fully saturated rings. The SMILES string of the molecule is O=C(c1ccc(-c2cccc(NS(=O)(=O)C3CCC3)c2)cc1)N1CCN(C(O)C2(O)CC2)CC1. The molecule has 1 heterocycles. The molecule has 3 aliphatic rings. The first-order chi connectivity index (χ1) is 16.2. The minimum Gasteiger partial charge on any atom is -0.386 e. The molecule has 0 bridgehead atoms. The molecule has 2 aromatic rings. The second kappa shape index (κ2) is 8.96. The maximum absolute atomic E-state index is 13.0. The number of aliphatic hydroxyl groups is 2. The van der Waals surface area contributed by atoms with E-state index in [1.54, 1.807) is 23.1 Å². The van der Waals surface area contributed by atoms with Crippen LogP contribution in [0.15, 0.2) is 48.5 Å². The van der Waals surface area contributed by atoms with E-state index in [0.29, 0.717) is 63.1 Å². The van der Waals surface area contributed by atoms with Crippen molar-refractivity contribution in [3.8, 4) is 11.1 Å². The molecule has 2 aromatic carbocycles. The molecular weight excluding hydrogens is 454 g/mol. The number of aliphatic hydroxyl groups excluding tert-OH is 1. The maximum Gasteiger partial charge on any atom is 0.253 e. The van der Waals surface area contributed by atoms with Gasteiger partial charge in [0.05, 0.1) is 5.25 Å². The zero-order valence-electron chi connectivity index (χ0n) is 19.1. The quantitative estimate of drug-likeness (QED) is 0.555. The van der Waals surface area contributed by atoms with Gasteiger partial charge in [0, 0.05) is 37.4 Å². The molecule has 0 spiro atoms. The zero-order chi connectivity index (χ0) is 23.9. The molecule has 182 valence electrons. The number of piperazine rings is 1. The van der Waals surface area contributed by atoms with Gasteiger partial charge >= 0.3 is 0 Å². The van der Waals surface area contributed by atoms with Crippen molar-refractivity contribution in [3.63, 3.8) is 0 Å². The first-order valence-corrected chi connectivity index (χ1v) is 13.5. The molecule has 3 N–H and O–H groups in total. The van der Waals surface area contributed by atoms with Crippen LogP contribution in [-0.2, 0) is 10.0 Å². The Morgan fingerprint density at radius 1 is 1.00 bits per heavy atom. The van der Waals surface area contributed by atoms with E-state index in [2.05, 4.69) is 4.72 Å². The van der Waals surface area contributed by atoms with Gasteiger partial charge in [0.25, 0.3) is 5.91 Å². The van der Waals surface area contributed by atoms with E-state index in [9.17, 15) is 23.4 Å². The van der Waals surface area contributed by atoms with E-state index in [1.807, 2.05) is 35.2 Å². The average molecular weight is 486 g/mol. The lowest BCUT2D eigenvalue weighted by Gasteiger charge is -2.38. The van der Waals surface area contributed by atoms with Crippen LogP contribution in [0.3, 0.4) is 0 Å². The molecule has 0 radical (unpaired) electrons. The molecule has 1 unspecified atom stereocenters. The average Bonchev–Trinajstić information content (AvgIpc) is 3.55. The number of nitrogens with one attached hydrogen (secondary N) is 1. The molecule has 34 heavy (non-hydrogen) atoms. The van der Waals surface area contributed by atoms with Gasteiger partial charge in [0.2, 0.25) is 10.0 Å². The van der Waals surface area contributed by atoms with Crippen molar-refractivity contribution in [2.24, 2.45) is 0 Å². The third kappa shape index (κ3) is 4.70. The minimum atomic E-state index is -3.35. The van der Waals surface area contributed by atoms with Crippen LogP contribution >= 0.6 is 0 Å². The number of rotatable bonds is 7. The summed E-state index contributed by atoms with van der Waals surface area (Å²) in [4.78, 5) is 16.6. The lowest BCUT2D eigenvalue weighted by Crippen LogP contribution is -2.55. The Bertz CT molecular complexity index is 1150. The highest BCUT2D eigenvalue weighted by Gasteiger charge is 2.50. The van der Waals surface area contributed by atoms with E-state index in [1.165, 1.54) is 0 Å². The fraction of sp³-hybridized carbons (Fsp3) is 0.480. The van der Waals surface area contributed by atoms with Gasteiger partial charge in [-0.3, -0.25) is 14.4 Å². The monoisotopic (exact) mass is 485 g/mol. The van der Waals surface area contributed by atoms with E-state index < -0.39 is 21.9 Å². The number of amides is 1. The molecule has 1 atom stereocenters. The smallest absolute Gasteiger partial charge is 0.253 e. The summed E-state index contributed by atoms with van der Waals surface area (Å²) < 4.78 is 27.6. The third-order valence-corrected chi connectivity index (χ3v) is 9.14. The summed E-state index contributed by atoms with van der Waals surface area (Å²) in [5.74, 6) is -0.0622. The van der Waals surface area contributed by atoms with E-state index in [-0.39, 0.29) is 11.2 Å². The second-order valence-corrected chi connectivity index (χ2v) is 11.6. The standard InChI is InChI=1S/C25H31N3O5S/c29-23(27-13-15-28(16-14-27)24(30)25(31)11-12-25)19-9-7-18(8-10-19)20-3-1-4-21(17-20)26-34(32,33)22-5-2-6-22/h1,3-4,7-10,17,22,24,26,30-31H,2,5-6,11-16H2. The number of hydrogen-bond donors (Lipinski definition) is 3. The van der Waals surface area contributed by atoms with Gasteiger partial charge in [-0.2, -0.15) is 0 Å². The Labute approximate surface area is 200 Å². The van der Waals surface area contributed by atoms with Crippen molar-refractivity contribution >= 4 is 21.6 Å². The molecule has 1 aliphatic heterocycles. The van der Waals surface area contributed by atoms with Crippen LogP contribution in [0, 0.1) is 0 Å². The highest BCUT2D eigenvalue weighted by molar-refractivity contribution is 7.93. The number of benzene rings is 2. The summed E-state index contributed by atoms with van der Waals surface area (Å²) in [6.07, 6.45) is 2.75. The van der Waals surface area contributed by atoms with Crippen LogP contribution in [0.5, 0.6) is 0 Å². The van der Waals surface area contributed by atoms with Gasteiger partial charge < -0.3 is 15.1 Å². The van der Waals surface area contributed by atoms with E-state index in [0.717, 1.165) is 17.5 Å². The summed E-state index contributed by atoms with van der Waals surface area (Å²) in [7, 11) is -3.35. The Morgan fingerprint density at radius 2 is 1.68 bits per heavy atom. The molecule has 1 amide bonds. The van der Waals surface area contributed by atoms with Crippen LogP contribution in [0.25, 0.3) is 11.1 Å². The van der Waals surface area contributed by atoms with Gasteiger partial charge in [-0.15, -0.1) is 0 Å². The first-order valence-electron chi connectivity index (χ1n) is 11.9. The van der Waals surface area contributed by atoms with Crippen LogP contribution in [0.4, 0.5) is 5.69 Å². The third-order valence-electron chi connectivity index (χ3n) is 7.27. The highest BCUT2D eigenvalue weighted by Crippen LogP contribution is 2.39. The lowest BCUT2D eigenvalue weighted by molar-refractivity contribution is -0.108. The van der Waals surface area contributed by atoms with Crippen molar-refractivity contribution in [2.45, 2.75) is 49.2 Å². The molecular formula is C25H31N3O5S. The lowest BCUT2D eigenvalue weighted by atomic mass is 10.0. The minimum absolute atomic E-state index is 0.0622. The second-order valence-electron chi connectivity index (χ2n) is 9.66.